The third-order valence-corrected chi connectivity index (χ3v) is 4.38. The molecule has 0 aromatic heterocycles. The Morgan fingerprint density at radius 2 is 1.32 bits per heavy atom. The van der Waals surface area contributed by atoms with Crippen LogP contribution in [0.25, 0.3) is 0 Å². The van der Waals surface area contributed by atoms with Crippen LogP contribution in [0.1, 0.15) is 17.2 Å². The Bertz CT molecular complexity index is 851. The Morgan fingerprint density at radius 3 is 1.92 bits per heavy atom. The summed E-state index contributed by atoms with van der Waals surface area (Å²) in [4.78, 5) is 4.92. The van der Waals surface area contributed by atoms with Crippen LogP contribution in [0.4, 0.5) is 5.69 Å². The predicted molar refractivity (Wildman–Crippen MR) is 98.6 cm³/mol. The van der Waals surface area contributed by atoms with Crippen LogP contribution in [0.15, 0.2) is 96.1 Å². The van der Waals surface area contributed by atoms with E-state index < -0.39 is 6.10 Å². The van der Waals surface area contributed by atoms with Crippen LogP contribution in [0.5, 0.6) is 0 Å². The van der Waals surface area contributed by atoms with E-state index in [0.29, 0.717) is 5.71 Å². The van der Waals surface area contributed by atoms with Gasteiger partial charge in [0, 0.05) is 5.56 Å². The lowest BCUT2D eigenvalue weighted by Gasteiger charge is -2.26. The Balaban J connectivity index is 1.84. The first-order valence-electron chi connectivity index (χ1n) is 8.22. The van der Waals surface area contributed by atoms with Gasteiger partial charge in [0.15, 0.2) is 6.10 Å². The van der Waals surface area contributed by atoms with Crippen LogP contribution in [0.3, 0.4) is 0 Å². The molecule has 0 amide bonds. The molecule has 3 aromatic carbocycles. The Kier molecular flexibility index (Phi) is 4.29. The van der Waals surface area contributed by atoms with Gasteiger partial charge in [0.2, 0.25) is 0 Å². The van der Waals surface area contributed by atoms with Crippen LogP contribution in [0, 0.1) is 0 Å². The first-order chi connectivity index (χ1) is 12.4. The molecule has 2 unspecified atom stereocenters. The number of hydrazone groups is 1. The zero-order chi connectivity index (χ0) is 17.1. The molecule has 1 aliphatic heterocycles. The maximum absolute atomic E-state index is 9.69. The fourth-order valence-corrected chi connectivity index (χ4v) is 3.22. The molecule has 0 radical (unpaired) electrons. The normalized spacial score (nSPS) is 19.7. The van der Waals surface area contributed by atoms with Gasteiger partial charge in [0.1, 0.15) is 11.8 Å². The highest BCUT2D eigenvalue weighted by Gasteiger charge is 2.41. The fourth-order valence-electron chi connectivity index (χ4n) is 3.22. The molecule has 0 aliphatic carbocycles. The molecule has 1 N–H and O–H groups in total. The first-order valence-corrected chi connectivity index (χ1v) is 8.22. The van der Waals surface area contributed by atoms with Crippen molar-refractivity contribution < 1.29 is 10.1 Å². The van der Waals surface area contributed by atoms with E-state index in [-0.39, 0.29) is 6.04 Å². The number of hydrogen-bond acceptors (Lipinski definition) is 4. The number of benzene rings is 3. The van der Waals surface area contributed by atoms with Crippen LogP contribution >= 0.6 is 0 Å². The third kappa shape index (κ3) is 2.93. The van der Waals surface area contributed by atoms with Gasteiger partial charge < -0.3 is 0 Å². The second-order valence-electron chi connectivity index (χ2n) is 5.91. The minimum Gasteiger partial charge on any atom is -0.254 e. The molecule has 2 atom stereocenters. The van der Waals surface area contributed by atoms with E-state index in [1.165, 1.54) is 0 Å². The van der Waals surface area contributed by atoms with Crippen molar-refractivity contribution in [2.24, 2.45) is 5.10 Å². The molecule has 3 aromatic rings. The highest BCUT2D eigenvalue weighted by Crippen LogP contribution is 2.38. The number of hydrogen-bond donors (Lipinski definition) is 1. The summed E-state index contributed by atoms with van der Waals surface area (Å²) in [6.07, 6.45) is -0.579. The van der Waals surface area contributed by atoms with Gasteiger partial charge in [-0.25, -0.2) is 4.89 Å². The third-order valence-electron chi connectivity index (χ3n) is 4.38. The van der Waals surface area contributed by atoms with E-state index >= 15 is 0 Å². The fraction of sp³-hybridized carbons (Fsp3) is 0.0952. The standard InChI is InChI=1S/C21H18N2O2/c24-25-21-19(16-10-4-1-5-11-16)22-23(18-14-8-3-9-15-18)20(21)17-12-6-2-7-13-17/h1-15,20-21,24H. The van der Waals surface area contributed by atoms with E-state index in [4.69, 9.17) is 9.99 Å². The lowest BCUT2D eigenvalue weighted by molar-refractivity contribution is -0.263. The van der Waals surface area contributed by atoms with Crippen molar-refractivity contribution in [3.63, 3.8) is 0 Å². The summed E-state index contributed by atoms with van der Waals surface area (Å²) in [5.41, 5.74) is 3.62. The molecule has 1 aliphatic rings. The summed E-state index contributed by atoms with van der Waals surface area (Å²) in [5.74, 6) is 0. The summed E-state index contributed by atoms with van der Waals surface area (Å²) in [7, 11) is 0. The van der Waals surface area contributed by atoms with Crippen LogP contribution < -0.4 is 5.01 Å². The van der Waals surface area contributed by atoms with Gasteiger partial charge >= 0.3 is 0 Å². The molecule has 0 saturated carbocycles. The molecular formula is C21H18N2O2. The Morgan fingerprint density at radius 1 is 0.760 bits per heavy atom. The van der Waals surface area contributed by atoms with E-state index in [1.807, 2.05) is 96.0 Å². The maximum Gasteiger partial charge on any atom is 0.163 e. The van der Waals surface area contributed by atoms with Crippen LogP contribution in [-0.4, -0.2) is 17.1 Å². The number of para-hydroxylation sites is 1. The molecule has 0 saturated heterocycles. The lowest BCUT2D eigenvalue weighted by Crippen LogP contribution is -2.31. The first kappa shape index (κ1) is 15.6. The van der Waals surface area contributed by atoms with Gasteiger partial charge in [0.05, 0.1) is 5.69 Å². The summed E-state index contributed by atoms with van der Waals surface area (Å²) in [5, 5.41) is 16.4. The van der Waals surface area contributed by atoms with Crippen molar-refractivity contribution in [2.75, 3.05) is 5.01 Å². The van der Waals surface area contributed by atoms with Crippen molar-refractivity contribution in [1.82, 2.24) is 0 Å². The van der Waals surface area contributed by atoms with Gasteiger partial charge in [-0.3, -0.25) is 10.3 Å². The quantitative estimate of drug-likeness (QED) is 0.565. The van der Waals surface area contributed by atoms with Gasteiger partial charge in [0.25, 0.3) is 0 Å². The lowest BCUT2D eigenvalue weighted by atomic mass is 9.95. The van der Waals surface area contributed by atoms with Crippen molar-refractivity contribution in [2.45, 2.75) is 12.1 Å². The number of nitrogens with zero attached hydrogens (tertiary/aromatic N) is 2. The molecule has 1 heterocycles. The van der Waals surface area contributed by atoms with E-state index in [9.17, 15) is 5.26 Å². The highest BCUT2D eigenvalue weighted by molar-refractivity contribution is 6.06. The summed E-state index contributed by atoms with van der Waals surface area (Å²) in [6, 6.07) is 29.5. The summed E-state index contributed by atoms with van der Waals surface area (Å²) in [6.45, 7) is 0. The minimum absolute atomic E-state index is 0.246. The summed E-state index contributed by atoms with van der Waals surface area (Å²) < 4.78 is 0. The minimum atomic E-state index is -0.579. The Labute approximate surface area is 146 Å². The smallest absolute Gasteiger partial charge is 0.163 e. The average Bonchev–Trinajstić information content (AvgIpc) is 3.09. The maximum atomic E-state index is 9.69. The van der Waals surface area contributed by atoms with Crippen molar-refractivity contribution in [1.29, 1.82) is 0 Å². The van der Waals surface area contributed by atoms with Gasteiger partial charge in [-0.15, -0.1) is 0 Å². The molecule has 0 fully saturated rings. The van der Waals surface area contributed by atoms with Crippen LogP contribution in [0.2, 0.25) is 0 Å². The molecule has 0 bridgehead atoms. The van der Waals surface area contributed by atoms with Gasteiger partial charge in [-0.1, -0.05) is 78.9 Å². The number of anilines is 1. The predicted octanol–water partition coefficient (Wildman–Crippen LogP) is 4.51. The average molecular weight is 330 g/mol. The molecule has 25 heavy (non-hydrogen) atoms. The van der Waals surface area contributed by atoms with Gasteiger partial charge in [-0.05, 0) is 17.7 Å². The van der Waals surface area contributed by atoms with Crippen molar-refractivity contribution >= 4 is 11.4 Å². The van der Waals surface area contributed by atoms with E-state index in [1.54, 1.807) is 0 Å². The van der Waals surface area contributed by atoms with Crippen LogP contribution in [-0.2, 0) is 4.89 Å². The zero-order valence-corrected chi connectivity index (χ0v) is 13.6. The van der Waals surface area contributed by atoms with E-state index in [2.05, 4.69) is 0 Å². The van der Waals surface area contributed by atoms with Crippen molar-refractivity contribution in [3.8, 4) is 0 Å². The molecule has 4 rings (SSSR count). The largest absolute Gasteiger partial charge is 0.254 e. The second kappa shape index (κ2) is 6.89. The van der Waals surface area contributed by atoms with Crippen molar-refractivity contribution in [3.05, 3.63) is 102 Å². The summed E-state index contributed by atoms with van der Waals surface area (Å²) >= 11 is 0. The SMILES string of the molecule is OOC1C(c2ccccc2)=NN(c2ccccc2)C1c1ccccc1. The molecule has 4 nitrogen and oxygen atoms in total. The zero-order valence-electron chi connectivity index (χ0n) is 13.6. The highest BCUT2D eigenvalue weighted by atomic mass is 17.1. The monoisotopic (exact) mass is 330 g/mol. The van der Waals surface area contributed by atoms with E-state index in [0.717, 1.165) is 16.8 Å². The molecular weight excluding hydrogens is 312 g/mol. The van der Waals surface area contributed by atoms with Gasteiger partial charge in [-0.2, -0.15) is 5.10 Å². The molecule has 0 spiro atoms. The Hall–Kier alpha value is -2.95. The topological polar surface area (TPSA) is 45.1 Å². The second-order valence-corrected chi connectivity index (χ2v) is 5.91. The molecule has 4 heteroatoms. The number of rotatable bonds is 4. The molecule has 124 valence electrons.